The number of terminal acetylenes is 1. The van der Waals surface area contributed by atoms with Crippen LogP contribution in [0.15, 0.2) is 53.3 Å². The fourth-order valence-corrected chi connectivity index (χ4v) is 3.76. The van der Waals surface area contributed by atoms with Crippen molar-refractivity contribution < 1.29 is 31.9 Å². The van der Waals surface area contributed by atoms with Gasteiger partial charge in [-0.2, -0.15) is 13.2 Å². The summed E-state index contributed by atoms with van der Waals surface area (Å²) in [6, 6.07) is 7.03. The van der Waals surface area contributed by atoms with E-state index in [0.29, 0.717) is 30.0 Å². The van der Waals surface area contributed by atoms with Crippen molar-refractivity contribution in [2.75, 3.05) is 5.32 Å². The highest BCUT2D eigenvalue weighted by atomic mass is 19.4. The third-order valence-corrected chi connectivity index (χ3v) is 5.66. The van der Waals surface area contributed by atoms with E-state index in [4.69, 9.17) is 10.8 Å². The van der Waals surface area contributed by atoms with Gasteiger partial charge < -0.3 is 14.8 Å². The van der Waals surface area contributed by atoms with Gasteiger partial charge in [0.25, 0.3) is 5.91 Å². The van der Waals surface area contributed by atoms with Crippen molar-refractivity contribution in [3.05, 3.63) is 65.9 Å². The Bertz CT molecular complexity index is 1200. The van der Waals surface area contributed by atoms with E-state index in [2.05, 4.69) is 5.32 Å². The number of benzene rings is 2. The van der Waals surface area contributed by atoms with E-state index >= 15 is 0 Å². The van der Waals surface area contributed by atoms with E-state index in [-0.39, 0.29) is 5.56 Å². The standard InChI is InChI=1S/C23H17F4NO3/c1-2-22(30,20(29)28-17-5-3-14-11-31-12-15(14)9-17)13-21(7-8-21)18-10-16(23(25,26)27)4-6-19(18)24/h1,3-6,9-12,30H,7-8,13H2,(H,28,29). The minimum absolute atomic E-state index is 0.205. The van der Waals surface area contributed by atoms with Crippen LogP contribution in [0, 0.1) is 18.2 Å². The second-order valence-electron chi connectivity index (χ2n) is 7.82. The van der Waals surface area contributed by atoms with Gasteiger partial charge in [0.05, 0.1) is 18.1 Å². The summed E-state index contributed by atoms with van der Waals surface area (Å²) in [6.45, 7) is 0. The third-order valence-electron chi connectivity index (χ3n) is 5.66. The maximum atomic E-state index is 14.4. The average Bonchev–Trinajstić information content (AvgIpc) is 3.33. The molecule has 0 aliphatic heterocycles. The first-order valence-corrected chi connectivity index (χ1v) is 9.41. The van der Waals surface area contributed by atoms with E-state index in [0.717, 1.165) is 17.5 Å². The number of alkyl halides is 3. The van der Waals surface area contributed by atoms with E-state index in [1.165, 1.54) is 12.5 Å². The third kappa shape index (κ3) is 3.89. The highest BCUT2D eigenvalue weighted by molar-refractivity contribution is 6.01. The van der Waals surface area contributed by atoms with Crippen LogP contribution in [0.2, 0.25) is 0 Å². The summed E-state index contributed by atoms with van der Waals surface area (Å²) in [5.74, 6) is 0.284. The Kier molecular flexibility index (Phi) is 4.82. The molecule has 0 radical (unpaired) electrons. The normalized spacial score (nSPS) is 17.0. The molecule has 1 fully saturated rings. The Balaban J connectivity index is 1.60. The van der Waals surface area contributed by atoms with Gasteiger partial charge in [0.2, 0.25) is 5.60 Å². The van der Waals surface area contributed by atoms with E-state index in [1.807, 2.05) is 5.92 Å². The van der Waals surface area contributed by atoms with Crippen molar-refractivity contribution in [1.82, 2.24) is 0 Å². The van der Waals surface area contributed by atoms with Crippen molar-refractivity contribution in [3.63, 3.8) is 0 Å². The lowest BCUT2D eigenvalue weighted by Crippen LogP contribution is -2.44. The minimum atomic E-state index is -4.65. The Morgan fingerprint density at radius 2 is 1.87 bits per heavy atom. The minimum Gasteiger partial charge on any atom is -0.471 e. The quantitative estimate of drug-likeness (QED) is 0.441. The second kappa shape index (κ2) is 7.13. The maximum absolute atomic E-state index is 14.4. The van der Waals surface area contributed by atoms with Crippen LogP contribution in [0.25, 0.3) is 10.8 Å². The molecule has 3 aromatic rings. The van der Waals surface area contributed by atoms with Crippen LogP contribution in [0.5, 0.6) is 0 Å². The van der Waals surface area contributed by atoms with E-state index < -0.39 is 40.9 Å². The molecule has 1 aliphatic rings. The van der Waals surface area contributed by atoms with Gasteiger partial charge in [0.1, 0.15) is 5.82 Å². The van der Waals surface area contributed by atoms with Crippen LogP contribution in [0.4, 0.5) is 23.2 Å². The van der Waals surface area contributed by atoms with E-state index in [9.17, 15) is 27.5 Å². The van der Waals surface area contributed by atoms with Gasteiger partial charge in [0.15, 0.2) is 0 Å². The Hall–Kier alpha value is -3.31. The van der Waals surface area contributed by atoms with Crippen LogP contribution < -0.4 is 5.32 Å². The van der Waals surface area contributed by atoms with E-state index in [1.54, 1.807) is 18.2 Å². The number of rotatable bonds is 5. The number of hydrogen-bond donors (Lipinski definition) is 2. The summed E-state index contributed by atoms with van der Waals surface area (Å²) in [5, 5.41) is 14.9. The van der Waals surface area contributed by atoms with Gasteiger partial charge in [-0.15, -0.1) is 6.42 Å². The van der Waals surface area contributed by atoms with Crippen LogP contribution in [0.3, 0.4) is 0 Å². The fourth-order valence-electron chi connectivity index (χ4n) is 3.76. The average molecular weight is 431 g/mol. The zero-order chi connectivity index (χ0) is 22.4. The summed E-state index contributed by atoms with van der Waals surface area (Å²) in [5.41, 5.74) is -4.36. The molecular formula is C23H17F4NO3. The maximum Gasteiger partial charge on any atom is 0.416 e. The Labute approximate surface area is 174 Å². The molecule has 160 valence electrons. The van der Waals surface area contributed by atoms with Crippen LogP contribution >= 0.6 is 0 Å². The van der Waals surface area contributed by atoms with Gasteiger partial charge in [-0.1, -0.05) is 5.92 Å². The molecule has 31 heavy (non-hydrogen) atoms. The number of halogens is 4. The zero-order valence-corrected chi connectivity index (χ0v) is 16.1. The van der Waals surface area contributed by atoms with Crippen LogP contribution in [0.1, 0.15) is 30.4 Å². The van der Waals surface area contributed by atoms with Gasteiger partial charge in [-0.25, -0.2) is 4.39 Å². The number of furan rings is 1. The molecule has 1 amide bonds. The van der Waals surface area contributed by atoms with Gasteiger partial charge >= 0.3 is 6.18 Å². The van der Waals surface area contributed by atoms with Crippen molar-refractivity contribution >= 4 is 22.4 Å². The molecule has 1 heterocycles. The number of carbonyl (C=O) groups is 1. The zero-order valence-electron chi connectivity index (χ0n) is 16.1. The molecule has 4 nitrogen and oxygen atoms in total. The molecule has 1 saturated carbocycles. The lowest BCUT2D eigenvalue weighted by atomic mass is 9.82. The van der Waals surface area contributed by atoms with Crippen molar-refractivity contribution in [3.8, 4) is 12.3 Å². The van der Waals surface area contributed by atoms with Crippen LogP contribution in [-0.4, -0.2) is 16.6 Å². The molecule has 4 rings (SSSR count). The lowest BCUT2D eigenvalue weighted by Gasteiger charge is -2.27. The second-order valence-corrected chi connectivity index (χ2v) is 7.82. The molecule has 1 aromatic heterocycles. The predicted molar refractivity (Wildman–Crippen MR) is 106 cm³/mol. The number of carbonyl (C=O) groups excluding carboxylic acids is 1. The number of nitrogens with one attached hydrogen (secondary N) is 1. The highest BCUT2D eigenvalue weighted by Crippen LogP contribution is 2.54. The lowest BCUT2D eigenvalue weighted by molar-refractivity contribution is -0.137. The molecule has 2 aromatic carbocycles. The van der Waals surface area contributed by atoms with Crippen molar-refractivity contribution in [1.29, 1.82) is 0 Å². The monoisotopic (exact) mass is 431 g/mol. The molecule has 0 bridgehead atoms. The summed E-state index contributed by atoms with van der Waals surface area (Å²) < 4.78 is 58.8. The summed E-state index contributed by atoms with van der Waals surface area (Å²) in [4.78, 5) is 12.8. The molecule has 2 N–H and O–H groups in total. The van der Waals surface area contributed by atoms with Gasteiger partial charge in [0, 0.05) is 28.3 Å². The highest BCUT2D eigenvalue weighted by Gasteiger charge is 2.53. The number of fused-ring (bicyclic) bond motifs is 1. The predicted octanol–water partition coefficient (Wildman–Crippen LogP) is 5.02. The SMILES string of the molecule is C#CC(O)(CC1(c2cc(C(F)(F)F)ccc2F)CC1)C(=O)Nc1ccc2cocc2c1. The smallest absolute Gasteiger partial charge is 0.416 e. The number of amides is 1. The summed E-state index contributed by atoms with van der Waals surface area (Å²) in [7, 11) is 0. The molecule has 1 aliphatic carbocycles. The van der Waals surface area contributed by atoms with Crippen molar-refractivity contribution in [2.24, 2.45) is 0 Å². The molecule has 8 heteroatoms. The first kappa shape index (κ1) is 20.9. The largest absolute Gasteiger partial charge is 0.471 e. The van der Waals surface area contributed by atoms with Crippen molar-refractivity contribution in [2.45, 2.75) is 36.5 Å². The Morgan fingerprint density at radius 3 is 2.52 bits per heavy atom. The topological polar surface area (TPSA) is 62.5 Å². The molecule has 0 spiro atoms. The van der Waals surface area contributed by atoms with Gasteiger partial charge in [-0.05, 0) is 54.8 Å². The number of aliphatic hydroxyl groups is 1. The van der Waals surface area contributed by atoms with Gasteiger partial charge in [-0.3, -0.25) is 4.79 Å². The number of hydrogen-bond acceptors (Lipinski definition) is 3. The Morgan fingerprint density at radius 1 is 1.16 bits per heavy atom. The summed E-state index contributed by atoms with van der Waals surface area (Å²) >= 11 is 0. The molecule has 1 atom stereocenters. The number of anilines is 1. The van der Waals surface area contributed by atoms with Crippen LogP contribution in [-0.2, 0) is 16.4 Å². The first-order chi connectivity index (χ1) is 14.6. The first-order valence-electron chi connectivity index (χ1n) is 9.41. The fraction of sp³-hybridized carbons (Fsp3) is 0.261. The molecule has 1 unspecified atom stereocenters. The summed E-state index contributed by atoms with van der Waals surface area (Å²) in [6.07, 6.45) is 3.98. The molecular weight excluding hydrogens is 414 g/mol. The molecule has 0 saturated heterocycles.